The summed E-state index contributed by atoms with van der Waals surface area (Å²) in [6, 6.07) is 8.09. The zero-order chi connectivity index (χ0) is 20.4. The van der Waals surface area contributed by atoms with Gasteiger partial charge in [-0.05, 0) is 49.9 Å². The Morgan fingerprint density at radius 3 is 2.31 bits per heavy atom. The van der Waals surface area contributed by atoms with Gasteiger partial charge in [0.05, 0.1) is 18.9 Å². The smallest absolute Gasteiger partial charge is 0.310 e. The minimum atomic E-state index is -0.350. The van der Waals surface area contributed by atoms with Crippen molar-refractivity contribution in [2.45, 2.75) is 32.1 Å². The van der Waals surface area contributed by atoms with E-state index in [1.165, 1.54) is 25.6 Å². The Hall–Kier alpha value is -2.57. The van der Waals surface area contributed by atoms with Crippen LogP contribution in [0, 0.1) is 11.8 Å². The van der Waals surface area contributed by atoms with E-state index in [4.69, 9.17) is 4.74 Å². The van der Waals surface area contributed by atoms with Crippen LogP contribution in [0.25, 0.3) is 0 Å². The first kappa shape index (κ1) is 19.7. The molecule has 2 unspecified atom stereocenters. The van der Waals surface area contributed by atoms with Crippen LogP contribution >= 0.6 is 0 Å². The third-order valence-electron chi connectivity index (χ3n) is 6.37. The molecule has 3 aliphatic heterocycles. The molecule has 7 heteroatoms. The second-order valence-corrected chi connectivity index (χ2v) is 8.26. The number of ether oxygens (including phenoxy) is 1. The first-order valence-corrected chi connectivity index (χ1v) is 10.6. The molecule has 0 aliphatic carbocycles. The van der Waals surface area contributed by atoms with Crippen LogP contribution in [0.2, 0.25) is 0 Å². The van der Waals surface area contributed by atoms with Crippen molar-refractivity contribution >= 4 is 29.2 Å². The molecule has 0 N–H and O–H groups in total. The first-order chi connectivity index (χ1) is 14.1. The van der Waals surface area contributed by atoms with Gasteiger partial charge in [0.15, 0.2) is 0 Å². The van der Waals surface area contributed by atoms with E-state index in [0.717, 1.165) is 31.6 Å². The zero-order valence-electron chi connectivity index (χ0n) is 17.0. The van der Waals surface area contributed by atoms with Crippen LogP contribution in [0.5, 0.6) is 0 Å². The number of hydrogen-bond donors (Lipinski definition) is 0. The van der Waals surface area contributed by atoms with Crippen LogP contribution in [0.4, 0.5) is 11.4 Å². The van der Waals surface area contributed by atoms with Gasteiger partial charge in [-0.2, -0.15) is 0 Å². The molecule has 7 nitrogen and oxygen atoms in total. The minimum absolute atomic E-state index is 0.0150. The highest BCUT2D eigenvalue weighted by molar-refractivity contribution is 6.00. The van der Waals surface area contributed by atoms with Crippen LogP contribution < -0.4 is 9.80 Å². The minimum Gasteiger partial charge on any atom is -0.469 e. The number of rotatable bonds is 4. The predicted molar refractivity (Wildman–Crippen MR) is 110 cm³/mol. The fourth-order valence-electron chi connectivity index (χ4n) is 4.74. The molecule has 3 saturated heterocycles. The molecule has 3 heterocycles. The van der Waals surface area contributed by atoms with Crippen molar-refractivity contribution in [1.82, 2.24) is 4.90 Å². The van der Waals surface area contributed by atoms with Crippen LogP contribution in [-0.2, 0) is 19.1 Å². The summed E-state index contributed by atoms with van der Waals surface area (Å²) in [6.07, 6.45) is 4.21. The fraction of sp³-hybridized carbons (Fsp3) is 0.591. The number of piperidine rings is 1. The molecule has 3 aliphatic rings. The molecule has 0 bridgehead atoms. The Labute approximate surface area is 171 Å². The predicted octanol–water partition coefficient (Wildman–Crippen LogP) is 2.05. The summed E-state index contributed by atoms with van der Waals surface area (Å²) in [5, 5.41) is 0. The summed E-state index contributed by atoms with van der Waals surface area (Å²) < 4.78 is 4.84. The quantitative estimate of drug-likeness (QED) is 0.725. The number of amides is 2. The number of hydrogen-bond acceptors (Lipinski definition) is 5. The summed E-state index contributed by atoms with van der Waals surface area (Å²) in [5.41, 5.74) is 2.03. The maximum Gasteiger partial charge on any atom is 0.310 e. The van der Waals surface area contributed by atoms with Gasteiger partial charge in [0.2, 0.25) is 11.8 Å². The van der Waals surface area contributed by atoms with Gasteiger partial charge in [0.25, 0.3) is 0 Å². The molecule has 0 radical (unpaired) electrons. The molecule has 0 saturated carbocycles. The normalized spacial score (nSPS) is 24.9. The van der Waals surface area contributed by atoms with Gasteiger partial charge < -0.3 is 19.4 Å². The molecular formula is C22H29N3O4. The highest BCUT2D eigenvalue weighted by Crippen LogP contribution is 2.30. The Bertz CT molecular complexity index is 773. The van der Waals surface area contributed by atoms with E-state index >= 15 is 0 Å². The van der Waals surface area contributed by atoms with Crippen molar-refractivity contribution < 1.29 is 19.1 Å². The van der Waals surface area contributed by atoms with E-state index in [0.29, 0.717) is 19.6 Å². The number of benzene rings is 1. The zero-order valence-corrected chi connectivity index (χ0v) is 17.0. The Kier molecular flexibility index (Phi) is 5.74. The summed E-state index contributed by atoms with van der Waals surface area (Å²) in [4.78, 5) is 43.3. The van der Waals surface area contributed by atoms with Crippen LogP contribution in [0.1, 0.15) is 32.1 Å². The lowest BCUT2D eigenvalue weighted by atomic mass is 9.96. The lowest BCUT2D eigenvalue weighted by Gasteiger charge is -2.33. The van der Waals surface area contributed by atoms with Gasteiger partial charge in [-0.3, -0.25) is 14.4 Å². The molecule has 0 spiro atoms. The van der Waals surface area contributed by atoms with Gasteiger partial charge in [-0.25, -0.2) is 0 Å². The molecule has 29 heavy (non-hydrogen) atoms. The molecular weight excluding hydrogens is 370 g/mol. The third-order valence-corrected chi connectivity index (χ3v) is 6.37. The van der Waals surface area contributed by atoms with Crippen molar-refractivity contribution in [2.75, 3.05) is 49.6 Å². The number of likely N-dealkylation sites (tertiary alicyclic amines) is 1. The van der Waals surface area contributed by atoms with Crippen molar-refractivity contribution in [3.63, 3.8) is 0 Å². The third kappa shape index (κ3) is 4.09. The maximum atomic E-state index is 13.0. The van der Waals surface area contributed by atoms with E-state index in [1.807, 2.05) is 12.1 Å². The van der Waals surface area contributed by atoms with Crippen LogP contribution in [-0.4, -0.2) is 62.5 Å². The SMILES string of the molecule is COC(=O)C1CCCN(C(=O)C2CC(=O)N(c3ccc(N4CCCC4)cc3)C2)C1. The number of nitrogens with zero attached hydrogens (tertiary/aromatic N) is 3. The summed E-state index contributed by atoms with van der Waals surface area (Å²) in [5.74, 6) is -0.909. The molecule has 1 aromatic rings. The van der Waals surface area contributed by atoms with Gasteiger partial charge in [0, 0.05) is 50.5 Å². The number of anilines is 2. The van der Waals surface area contributed by atoms with Crippen molar-refractivity contribution in [1.29, 1.82) is 0 Å². The average Bonchev–Trinajstić information content (AvgIpc) is 3.43. The van der Waals surface area contributed by atoms with E-state index in [2.05, 4.69) is 17.0 Å². The van der Waals surface area contributed by atoms with Crippen molar-refractivity contribution in [3.05, 3.63) is 24.3 Å². The number of carbonyl (C=O) groups excluding carboxylic acids is 3. The number of esters is 1. The molecule has 4 rings (SSSR count). The Morgan fingerprint density at radius 2 is 1.62 bits per heavy atom. The maximum absolute atomic E-state index is 13.0. The largest absolute Gasteiger partial charge is 0.469 e. The first-order valence-electron chi connectivity index (χ1n) is 10.6. The topological polar surface area (TPSA) is 70.2 Å². The molecule has 1 aromatic carbocycles. The summed E-state index contributed by atoms with van der Waals surface area (Å²) in [6.45, 7) is 3.60. The van der Waals surface area contributed by atoms with Gasteiger partial charge in [-0.15, -0.1) is 0 Å². The lowest BCUT2D eigenvalue weighted by molar-refractivity contribution is -0.149. The standard InChI is InChI=1S/C22H29N3O4/c1-29-22(28)16-5-4-12-24(14-16)21(27)17-13-20(26)25(15-17)19-8-6-18(7-9-19)23-10-2-3-11-23/h6-9,16-17H,2-5,10-15H2,1H3. The van der Waals surface area contributed by atoms with Gasteiger partial charge >= 0.3 is 5.97 Å². The second kappa shape index (κ2) is 8.43. The van der Waals surface area contributed by atoms with E-state index in [1.54, 1.807) is 9.80 Å². The van der Waals surface area contributed by atoms with Gasteiger partial charge in [0.1, 0.15) is 0 Å². The van der Waals surface area contributed by atoms with Gasteiger partial charge in [-0.1, -0.05) is 0 Å². The highest BCUT2D eigenvalue weighted by atomic mass is 16.5. The fourth-order valence-corrected chi connectivity index (χ4v) is 4.74. The molecule has 0 aromatic heterocycles. The van der Waals surface area contributed by atoms with Crippen LogP contribution in [0.3, 0.4) is 0 Å². The monoisotopic (exact) mass is 399 g/mol. The second-order valence-electron chi connectivity index (χ2n) is 8.26. The molecule has 156 valence electrons. The van der Waals surface area contributed by atoms with Crippen molar-refractivity contribution in [3.8, 4) is 0 Å². The molecule has 3 fully saturated rings. The van der Waals surface area contributed by atoms with Crippen molar-refractivity contribution in [2.24, 2.45) is 11.8 Å². The Morgan fingerprint density at radius 1 is 0.931 bits per heavy atom. The lowest BCUT2D eigenvalue weighted by Crippen LogP contribution is -2.45. The average molecular weight is 399 g/mol. The van der Waals surface area contributed by atoms with Crippen LogP contribution in [0.15, 0.2) is 24.3 Å². The summed E-state index contributed by atoms with van der Waals surface area (Å²) >= 11 is 0. The van der Waals surface area contributed by atoms with E-state index in [-0.39, 0.29) is 36.0 Å². The number of carbonyl (C=O) groups is 3. The van der Waals surface area contributed by atoms with E-state index < -0.39 is 0 Å². The summed E-state index contributed by atoms with van der Waals surface area (Å²) in [7, 11) is 1.38. The molecule has 2 atom stereocenters. The highest BCUT2D eigenvalue weighted by Gasteiger charge is 2.39. The van der Waals surface area contributed by atoms with E-state index in [9.17, 15) is 14.4 Å². The Balaban J connectivity index is 1.39. The molecule has 2 amide bonds. The number of methoxy groups -OCH3 is 1.